The Morgan fingerprint density at radius 3 is 1.29 bits per heavy atom. The third-order valence-corrected chi connectivity index (χ3v) is 7.86. The van der Waals surface area contributed by atoms with Crippen LogP contribution in [0, 0.1) is 41.5 Å². The standard InChI is InChI=1S/C31H43N3/c1-20-16-22(3)30(23(4)17-20)32-26-12-8-10-14-28(26)34(7)29-15-11-9-13-27(29)33-31-24(5)18-21(2)19-25(31)6/h16-19,28-29H,8-15H2,1-7H3. The highest BCUT2D eigenvalue weighted by atomic mass is 15.2. The van der Waals surface area contributed by atoms with Gasteiger partial charge < -0.3 is 0 Å². The fourth-order valence-corrected chi connectivity index (χ4v) is 6.29. The molecule has 2 atom stereocenters. The summed E-state index contributed by atoms with van der Waals surface area (Å²) >= 11 is 0. The van der Waals surface area contributed by atoms with Gasteiger partial charge in [-0.05, 0) is 109 Å². The summed E-state index contributed by atoms with van der Waals surface area (Å²) in [7, 11) is 2.33. The molecule has 2 aliphatic carbocycles. The van der Waals surface area contributed by atoms with E-state index in [4.69, 9.17) is 9.98 Å². The fraction of sp³-hybridized carbons (Fsp3) is 0.548. The highest BCUT2D eigenvalue weighted by molar-refractivity contribution is 5.96. The van der Waals surface area contributed by atoms with Gasteiger partial charge in [0.1, 0.15) is 0 Å². The molecular weight excluding hydrogens is 414 g/mol. The molecule has 2 aromatic carbocycles. The van der Waals surface area contributed by atoms with Crippen molar-refractivity contribution < 1.29 is 0 Å². The zero-order valence-electron chi connectivity index (χ0n) is 22.5. The molecule has 0 radical (unpaired) electrons. The van der Waals surface area contributed by atoms with E-state index in [1.54, 1.807) is 0 Å². The van der Waals surface area contributed by atoms with Gasteiger partial charge >= 0.3 is 0 Å². The van der Waals surface area contributed by atoms with Gasteiger partial charge in [0.2, 0.25) is 0 Å². The van der Waals surface area contributed by atoms with Crippen molar-refractivity contribution in [1.29, 1.82) is 0 Å². The van der Waals surface area contributed by atoms with Crippen LogP contribution in [0.2, 0.25) is 0 Å². The molecule has 2 unspecified atom stereocenters. The van der Waals surface area contributed by atoms with Gasteiger partial charge in [0.05, 0.1) is 11.4 Å². The monoisotopic (exact) mass is 457 g/mol. The number of rotatable bonds is 4. The van der Waals surface area contributed by atoms with E-state index in [1.165, 1.54) is 94.7 Å². The molecule has 2 aromatic rings. The molecule has 0 bridgehead atoms. The van der Waals surface area contributed by atoms with Gasteiger partial charge in [-0.1, -0.05) is 48.2 Å². The summed E-state index contributed by atoms with van der Waals surface area (Å²) in [5.74, 6) is 0. The third-order valence-electron chi connectivity index (χ3n) is 7.86. The molecule has 34 heavy (non-hydrogen) atoms. The largest absolute Gasteiger partial charge is 0.290 e. The molecule has 3 nitrogen and oxygen atoms in total. The Kier molecular flexibility index (Phi) is 7.72. The second kappa shape index (κ2) is 10.6. The number of hydrogen-bond donors (Lipinski definition) is 0. The van der Waals surface area contributed by atoms with Crippen LogP contribution >= 0.6 is 0 Å². The number of hydrogen-bond acceptors (Lipinski definition) is 3. The van der Waals surface area contributed by atoms with E-state index in [0.29, 0.717) is 12.1 Å². The molecule has 0 saturated heterocycles. The van der Waals surface area contributed by atoms with Gasteiger partial charge in [-0.25, -0.2) is 0 Å². The third kappa shape index (κ3) is 5.35. The van der Waals surface area contributed by atoms with Crippen LogP contribution in [0.15, 0.2) is 34.3 Å². The summed E-state index contributed by atoms with van der Waals surface area (Å²) in [6.45, 7) is 13.2. The maximum Gasteiger partial charge on any atom is 0.0688 e. The lowest BCUT2D eigenvalue weighted by Gasteiger charge is -2.40. The first-order valence-electron chi connectivity index (χ1n) is 13.3. The summed E-state index contributed by atoms with van der Waals surface area (Å²) in [6, 6.07) is 9.89. The van der Waals surface area contributed by atoms with E-state index < -0.39 is 0 Å². The summed E-state index contributed by atoms with van der Waals surface area (Å²) in [4.78, 5) is 13.3. The van der Waals surface area contributed by atoms with E-state index in [1.807, 2.05) is 0 Å². The van der Waals surface area contributed by atoms with Crippen molar-refractivity contribution >= 4 is 22.8 Å². The Balaban J connectivity index is 1.67. The molecule has 0 heterocycles. The SMILES string of the molecule is Cc1cc(C)c(N=C2CCCCC2N(C)C2CCCCC2=Nc2c(C)cc(C)cc2C)c(C)c1. The molecule has 0 aromatic heterocycles. The van der Waals surface area contributed by atoms with E-state index in [-0.39, 0.29) is 0 Å². The molecule has 4 rings (SSSR count). The normalized spacial score (nSPS) is 23.8. The van der Waals surface area contributed by atoms with E-state index >= 15 is 0 Å². The van der Waals surface area contributed by atoms with Crippen molar-refractivity contribution in [3.05, 3.63) is 57.6 Å². The van der Waals surface area contributed by atoms with Crippen LogP contribution in [-0.2, 0) is 0 Å². The average Bonchev–Trinajstić information content (AvgIpc) is 2.78. The minimum absolute atomic E-state index is 0.405. The Morgan fingerprint density at radius 1 is 0.588 bits per heavy atom. The maximum atomic E-state index is 5.34. The quantitative estimate of drug-likeness (QED) is 0.455. The summed E-state index contributed by atoms with van der Waals surface area (Å²) in [5, 5.41) is 0. The van der Waals surface area contributed by atoms with E-state index in [0.717, 1.165) is 12.8 Å². The number of benzene rings is 2. The lowest BCUT2D eigenvalue weighted by atomic mass is 9.86. The van der Waals surface area contributed by atoms with Crippen molar-refractivity contribution in [1.82, 2.24) is 4.90 Å². The topological polar surface area (TPSA) is 28.0 Å². The van der Waals surface area contributed by atoms with Crippen molar-refractivity contribution in [3.8, 4) is 0 Å². The van der Waals surface area contributed by atoms with Crippen molar-refractivity contribution in [2.45, 2.75) is 105 Å². The van der Waals surface area contributed by atoms with Gasteiger partial charge in [0.15, 0.2) is 0 Å². The van der Waals surface area contributed by atoms with Crippen molar-refractivity contribution in [2.24, 2.45) is 9.98 Å². The zero-order valence-corrected chi connectivity index (χ0v) is 22.5. The van der Waals surface area contributed by atoms with Gasteiger partial charge in [-0.2, -0.15) is 0 Å². The minimum atomic E-state index is 0.405. The van der Waals surface area contributed by atoms with Gasteiger partial charge in [-0.3, -0.25) is 14.9 Å². The Morgan fingerprint density at radius 2 is 0.941 bits per heavy atom. The number of aryl methyl sites for hydroxylation is 6. The van der Waals surface area contributed by atoms with Crippen LogP contribution in [0.1, 0.15) is 84.7 Å². The molecule has 2 aliphatic rings. The summed E-state index contributed by atoms with van der Waals surface area (Å²) in [5.41, 5.74) is 12.9. The maximum absolute atomic E-state index is 5.34. The van der Waals surface area contributed by atoms with Crippen LogP contribution < -0.4 is 0 Å². The predicted octanol–water partition coefficient (Wildman–Crippen LogP) is 8.20. The number of nitrogens with zero attached hydrogens (tertiary/aromatic N) is 3. The van der Waals surface area contributed by atoms with Crippen LogP contribution in [-0.4, -0.2) is 35.5 Å². The Bertz CT molecular complexity index is 974. The first kappa shape index (κ1) is 24.9. The van der Waals surface area contributed by atoms with Gasteiger partial charge in [0, 0.05) is 23.5 Å². The molecule has 0 spiro atoms. The Labute approximate surface area is 207 Å². The molecule has 0 N–H and O–H groups in total. The first-order chi connectivity index (χ1) is 16.2. The highest BCUT2D eigenvalue weighted by Crippen LogP contribution is 2.33. The molecule has 0 amide bonds. The zero-order chi connectivity index (χ0) is 24.4. The molecule has 182 valence electrons. The van der Waals surface area contributed by atoms with Crippen LogP contribution in [0.5, 0.6) is 0 Å². The average molecular weight is 458 g/mol. The summed E-state index contributed by atoms with van der Waals surface area (Å²) in [6.07, 6.45) is 9.69. The second-order valence-electron chi connectivity index (χ2n) is 10.9. The van der Waals surface area contributed by atoms with Gasteiger partial charge in [-0.15, -0.1) is 0 Å². The molecule has 3 heteroatoms. The first-order valence-corrected chi connectivity index (χ1v) is 13.3. The second-order valence-corrected chi connectivity index (χ2v) is 10.9. The lowest BCUT2D eigenvalue weighted by Crippen LogP contribution is -2.50. The van der Waals surface area contributed by atoms with Crippen LogP contribution in [0.25, 0.3) is 0 Å². The summed E-state index contributed by atoms with van der Waals surface area (Å²) < 4.78 is 0. The predicted molar refractivity (Wildman–Crippen MR) is 148 cm³/mol. The fourth-order valence-electron chi connectivity index (χ4n) is 6.29. The smallest absolute Gasteiger partial charge is 0.0688 e. The molecular formula is C31H43N3. The minimum Gasteiger partial charge on any atom is -0.290 e. The Hall–Kier alpha value is -2.26. The van der Waals surface area contributed by atoms with E-state index in [2.05, 4.69) is 77.8 Å². The molecule has 2 saturated carbocycles. The molecule has 2 fully saturated rings. The van der Waals surface area contributed by atoms with E-state index in [9.17, 15) is 0 Å². The van der Waals surface area contributed by atoms with Gasteiger partial charge in [0.25, 0.3) is 0 Å². The number of aliphatic imine (C=N–C) groups is 2. The van der Waals surface area contributed by atoms with Crippen LogP contribution in [0.3, 0.4) is 0 Å². The van der Waals surface area contributed by atoms with Crippen LogP contribution in [0.4, 0.5) is 11.4 Å². The van der Waals surface area contributed by atoms with Crippen molar-refractivity contribution in [3.63, 3.8) is 0 Å². The lowest BCUT2D eigenvalue weighted by molar-refractivity contribution is 0.220. The highest BCUT2D eigenvalue weighted by Gasteiger charge is 2.33. The molecule has 0 aliphatic heterocycles. The van der Waals surface area contributed by atoms with Crippen molar-refractivity contribution in [2.75, 3.05) is 7.05 Å².